The topological polar surface area (TPSA) is 0 Å². The van der Waals surface area contributed by atoms with Gasteiger partial charge < -0.3 is 0 Å². The maximum atomic E-state index is 0. The van der Waals surface area contributed by atoms with Gasteiger partial charge in [-0.2, -0.15) is 13.5 Å². The Morgan fingerprint density at radius 3 is 0.500 bits per heavy atom. The first-order valence-corrected chi connectivity index (χ1v) is 0. The molecule has 6 heteroatoms. The van der Waals surface area contributed by atoms with E-state index in [2.05, 4.69) is 0 Å². The molecule has 0 saturated carbocycles. The van der Waals surface area contributed by atoms with Gasteiger partial charge in [-0.15, -0.1) is 12.4 Å². The third kappa shape index (κ3) is 380. The van der Waals surface area contributed by atoms with Crippen LogP contribution in [0.4, 0.5) is 18.8 Å². The maximum absolute atomic E-state index is 0. The van der Waals surface area contributed by atoms with Gasteiger partial charge in [0.25, 0.3) is 0 Å². The predicted molar refractivity (Wildman–Crippen MR) is 27.6 cm³/mol. The molecular weight excluding hydrogens is 144 g/mol. The van der Waals surface area contributed by atoms with E-state index in [1.54, 1.807) is 0 Å². The SMILES string of the molecule is Cl.F.F.F.F.S. The predicted octanol–water partition coefficient (Wildman–Crippen LogP) is 1.14. The molecule has 0 unspecified atom stereocenters. The van der Waals surface area contributed by atoms with Crippen LogP contribution < -0.4 is 0 Å². The second-order valence-electron chi connectivity index (χ2n) is 0. The third-order valence-electron chi connectivity index (χ3n) is 0. The molecule has 6 heavy (non-hydrogen) atoms. The first-order valence-electron chi connectivity index (χ1n) is 0. The molecule has 0 N–H and O–H groups in total. The van der Waals surface area contributed by atoms with E-state index >= 15 is 0 Å². The standard InChI is InChI=1S/ClH.4FH.H2S/h5*1H;1H2. The lowest BCUT2D eigenvalue weighted by Crippen LogP contribution is 0.419. The van der Waals surface area contributed by atoms with E-state index < -0.39 is 0 Å². The average Bonchev–Trinajstić information content (AvgIpc) is 0. The zero-order valence-corrected chi connectivity index (χ0v) is 4.36. The van der Waals surface area contributed by atoms with Gasteiger partial charge in [0.05, 0.1) is 0 Å². The molecule has 0 aromatic rings. The van der Waals surface area contributed by atoms with Gasteiger partial charge in [0.2, 0.25) is 0 Å². The summed E-state index contributed by atoms with van der Waals surface area (Å²) < 4.78 is 0. The number of halogens is 5. The monoisotopic (exact) mass is 150 g/mol. The van der Waals surface area contributed by atoms with E-state index in [0.29, 0.717) is 0 Å². The summed E-state index contributed by atoms with van der Waals surface area (Å²) in [4.78, 5) is 0. The lowest BCUT2D eigenvalue weighted by Gasteiger charge is -0.270. The zero-order chi connectivity index (χ0) is 0. The Balaban J connectivity index is 0. The van der Waals surface area contributed by atoms with Crippen LogP contribution in [0.1, 0.15) is 0 Å². The molecule has 0 radical (unpaired) electrons. The van der Waals surface area contributed by atoms with Crippen LogP contribution in [0.3, 0.4) is 0 Å². The van der Waals surface area contributed by atoms with Crippen LogP contribution in [0.2, 0.25) is 0 Å². The summed E-state index contributed by atoms with van der Waals surface area (Å²) in [5.41, 5.74) is 0. The lowest BCUT2D eigenvalue weighted by atomic mass is 19.0. The van der Waals surface area contributed by atoms with Gasteiger partial charge in [-0.3, -0.25) is 18.8 Å². The molecule has 0 bridgehead atoms. The molecule has 0 aliphatic rings. The molecule has 0 saturated heterocycles. The quantitative estimate of drug-likeness (QED) is 0.455. The molecule has 0 aliphatic heterocycles. The number of rotatable bonds is 0. The van der Waals surface area contributed by atoms with Crippen LogP contribution in [-0.2, 0) is 0 Å². The third-order valence-corrected chi connectivity index (χ3v) is 0. The molecular formula is H7ClF4S. The van der Waals surface area contributed by atoms with Gasteiger partial charge >= 0.3 is 0 Å². The molecule has 0 nitrogen and oxygen atoms in total. The van der Waals surface area contributed by atoms with Crippen molar-refractivity contribution in [2.75, 3.05) is 0 Å². The number of hydrogen-bond donors (Lipinski definition) is 0. The minimum absolute atomic E-state index is 0. The minimum atomic E-state index is 0. The highest BCUT2D eigenvalue weighted by Crippen LogP contribution is 0.690. The maximum Gasteiger partial charge on any atom is -0.147 e. The van der Waals surface area contributed by atoms with Gasteiger partial charge in [0.15, 0.2) is 0 Å². The molecule has 0 aromatic heterocycles. The Bertz CT molecular complexity index is 7.51. The van der Waals surface area contributed by atoms with Crippen molar-refractivity contribution in [3.8, 4) is 0 Å². The van der Waals surface area contributed by atoms with Crippen molar-refractivity contribution in [1.82, 2.24) is 0 Å². The molecule has 0 amide bonds. The molecule has 0 aliphatic carbocycles. The van der Waals surface area contributed by atoms with Crippen LogP contribution in [0.15, 0.2) is 0 Å². The Labute approximate surface area is 45.6 Å². The summed E-state index contributed by atoms with van der Waals surface area (Å²) in [6, 6.07) is 0. The normalized spacial score (nSPS) is 0. The largest absolute Gasteiger partial charge is 0.269 e. The Morgan fingerprint density at radius 1 is 0.500 bits per heavy atom. The van der Waals surface area contributed by atoms with E-state index in [-0.39, 0.29) is 44.7 Å². The second-order valence-corrected chi connectivity index (χ2v) is 0. The van der Waals surface area contributed by atoms with Crippen molar-refractivity contribution in [2.24, 2.45) is 0 Å². The van der Waals surface area contributed by atoms with Crippen molar-refractivity contribution >= 4 is 25.9 Å². The van der Waals surface area contributed by atoms with Crippen molar-refractivity contribution in [3.05, 3.63) is 0 Å². The Morgan fingerprint density at radius 2 is 0.500 bits per heavy atom. The fourth-order valence-electron chi connectivity index (χ4n) is 0. The fourth-order valence-corrected chi connectivity index (χ4v) is 0. The minimum Gasteiger partial charge on any atom is -0.269 e. The van der Waals surface area contributed by atoms with E-state index in [1.165, 1.54) is 0 Å². The number of hydrogen-bond acceptors (Lipinski definition) is 0. The molecule has 0 rings (SSSR count). The second kappa shape index (κ2) is 786. The van der Waals surface area contributed by atoms with Crippen molar-refractivity contribution in [1.29, 1.82) is 0 Å². The zero-order valence-electron chi connectivity index (χ0n) is 2.54. The van der Waals surface area contributed by atoms with Crippen molar-refractivity contribution in [3.63, 3.8) is 0 Å². The van der Waals surface area contributed by atoms with Gasteiger partial charge in [-0.1, -0.05) is 0 Å². The Hall–Kier alpha value is 0.360. The lowest BCUT2D eigenvalue weighted by molar-refractivity contribution is 1.11. The van der Waals surface area contributed by atoms with E-state index in [0.717, 1.165) is 0 Å². The average molecular weight is 151 g/mol. The first-order chi connectivity index (χ1) is 0. The van der Waals surface area contributed by atoms with E-state index in [1.807, 2.05) is 0 Å². The van der Waals surface area contributed by atoms with Gasteiger partial charge in [0, 0.05) is 0 Å². The molecule has 0 atom stereocenters. The highest BCUT2D eigenvalue weighted by molar-refractivity contribution is 7.59. The van der Waals surface area contributed by atoms with Crippen molar-refractivity contribution < 1.29 is 18.8 Å². The molecule has 0 spiro atoms. The van der Waals surface area contributed by atoms with E-state index in [9.17, 15) is 0 Å². The van der Waals surface area contributed by atoms with Crippen molar-refractivity contribution in [2.45, 2.75) is 0 Å². The van der Waals surface area contributed by atoms with Crippen LogP contribution >= 0.6 is 25.9 Å². The van der Waals surface area contributed by atoms with E-state index in [4.69, 9.17) is 0 Å². The summed E-state index contributed by atoms with van der Waals surface area (Å²) >= 11 is 0. The van der Waals surface area contributed by atoms with Gasteiger partial charge in [0.1, 0.15) is 0 Å². The van der Waals surface area contributed by atoms with Crippen LogP contribution in [0.25, 0.3) is 0 Å². The molecule has 48 valence electrons. The van der Waals surface area contributed by atoms with Crippen LogP contribution in [0, 0.1) is 0 Å². The highest BCUT2D eigenvalue weighted by atomic mass is 35.5. The summed E-state index contributed by atoms with van der Waals surface area (Å²) in [5, 5.41) is 0. The van der Waals surface area contributed by atoms with Gasteiger partial charge in [-0.25, -0.2) is 0 Å². The van der Waals surface area contributed by atoms with Crippen LogP contribution in [0.5, 0.6) is 0 Å². The molecule has 0 aromatic carbocycles. The Kier molecular flexibility index (Phi) is 185000. The molecule has 0 heterocycles. The smallest absolute Gasteiger partial charge is 0.147 e. The van der Waals surface area contributed by atoms with Crippen LogP contribution in [-0.4, -0.2) is 0 Å². The summed E-state index contributed by atoms with van der Waals surface area (Å²) in [6.07, 6.45) is 0. The fraction of sp³-hybridized carbons (Fsp3) is 0. The molecule has 0 fully saturated rings. The summed E-state index contributed by atoms with van der Waals surface area (Å²) in [6.45, 7) is 0. The first kappa shape index (κ1) is 1410. The summed E-state index contributed by atoms with van der Waals surface area (Å²) in [7, 11) is 0. The highest BCUT2D eigenvalue weighted by Gasteiger charge is -0.147. The van der Waals surface area contributed by atoms with Gasteiger partial charge in [-0.05, 0) is 0 Å². The summed E-state index contributed by atoms with van der Waals surface area (Å²) in [5.74, 6) is 0.